The van der Waals surface area contributed by atoms with Crippen molar-refractivity contribution in [1.29, 1.82) is 0 Å². The smallest absolute Gasteiger partial charge is 0.329 e. The summed E-state index contributed by atoms with van der Waals surface area (Å²) in [5, 5.41) is 15.0. The van der Waals surface area contributed by atoms with Crippen LogP contribution in [0.15, 0.2) is 28.8 Å². The average Bonchev–Trinajstić information content (AvgIpc) is 3.25. The number of rotatable bonds is 5. The molecule has 0 unspecified atom stereocenters. The topological polar surface area (TPSA) is 93.8 Å². The van der Waals surface area contributed by atoms with E-state index in [0.29, 0.717) is 16.3 Å². The molecule has 0 aliphatic carbocycles. The van der Waals surface area contributed by atoms with Gasteiger partial charge in [-0.25, -0.2) is 0 Å². The van der Waals surface area contributed by atoms with Crippen LogP contribution < -0.4 is 5.32 Å². The predicted octanol–water partition coefficient (Wildman–Crippen LogP) is 3.81. The number of anilines is 1. The lowest BCUT2D eigenvalue weighted by atomic mass is 10.1. The fraction of sp³-hybridized carbons (Fsp3) is 0.267. The van der Waals surface area contributed by atoms with Crippen molar-refractivity contribution in [2.75, 3.05) is 5.32 Å². The van der Waals surface area contributed by atoms with Gasteiger partial charge in [0.15, 0.2) is 0 Å². The summed E-state index contributed by atoms with van der Waals surface area (Å²) in [6.07, 6.45) is -2.99. The van der Waals surface area contributed by atoms with Crippen molar-refractivity contribution in [3.8, 4) is 11.4 Å². The Morgan fingerprint density at radius 1 is 1.23 bits per heavy atom. The van der Waals surface area contributed by atoms with Crippen molar-refractivity contribution < 1.29 is 22.5 Å². The van der Waals surface area contributed by atoms with Crippen LogP contribution in [0.25, 0.3) is 11.4 Å². The normalized spacial score (nSPS) is 11.5. The van der Waals surface area contributed by atoms with Gasteiger partial charge in [0.25, 0.3) is 5.91 Å². The minimum atomic E-state index is -4.70. The number of nitrogens with zero attached hydrogens (tertiary/aromatic N) is 4. The third-order valence-electron chi connectivity index (χ3n) is 3.22. The van der Waals surface area contributed by atoms with Crippen LogP contribution in [0.5, 0.6) is 0 Å². The lowest BCUT2D eigenvalue weighted by molar-refractivity contribution is -0.159. The number of aryl methyl sites for hydroxylation is 1. The largest absolute Gasteiger partial charge is 0.471 e. The minimum Gasteiger partial charge on any atom is -0.329 e. The molecule has 1 N–H and O–H groups in total. The van der Waals surface area contributed by atoms with Gasteiger partial charge in [-0.05, 0) is 18.6 Å². The van der Waals surface area contributed by atoms with E-state index in [9.17, 15) is 18.0 Å². The molecule has 1 amide bonds. The summed E-state index contributed by atoms with van der Waals surface area (Å²) < 4.78 is 41.6. The second-order valence-corrected chi connectivity index (χ2v) is 6.27. The Bertz CT molecular complexity index is 905. The molecule has 0 fully saturated rings. The fourth-order valence-electron chi connectivity index (χ4n) is 2.01. The number of benzene rings is 1. The quantitative estimate of drug-likeness (QED) is 0.720. The average molecular weight is 383 g/mol. The number of amides is 1. The molecule has 0 bridgehead atoms. The molecule has 0 spiro atoms. The van der Waals surface area contributed by atoms with Gasteiger partial charge >= 0.3 is 12.1 Å². The summed E-state index contributed by atoms with van der Waals surface area (Å²) in [6, 6.07) is 5.76. The van der Waals surface area contributed by atoms with Crippen molar-refractivity contribution in [3.63, 3.8) is 0 Å². The molecule has 2 aromatic heterocycles. The second kappa shape index (κ2) is 7.20. The summed E-state index contributed by atoms with van der Waals surface area (Å²) >= 11 is 1.29. The van der Waals surface area contributed by atoms with Crippen LogP contribution in [0, 0.1) is 0 Å². The third kappa shape index (κ3) is 4.04. The van der Waals surface area contributed by atoms with E-state index < -0.39 is 18.0 Å². The van der Waals surface area contributed by atoms with Crippen molar-refractivity contribution in [2.45, 2.75) is 25.9 Å². The van der Waals surface area contributed by atoms with Crippen LogP contribution in [-0.4, -0.2) is 26.2 Å². The Morgan fingerprint density at radius 2 is 1.96 bits per heavy atom. The highest BCUT2D eigenvalue weighted by Gasteiger charge is 2.38. The highest BCUT2D eigenvalue weighted by atomic mass is 32.1. The number of aromatic nitrogens is 4. The first-order valence-electron chi connectivity index (χ1n) is 7.52. The Morgan fingerprint density at radius 3 is 2.58 bits per heavy atom. The molecular weight excluding hydrogens is 371 g/mol. The van der Waals surface area contributed by atoms with E-state index in [-0.39, 0.29) is 5.82 Å². The molecule has 7 nitrogen and oxygen atoms in total. The van der Waals surface area contributed by atoms with E-state index in [1.165, 1.54) is 35.6 Å². The van der Waals surface area contributed by atoms with E-state index in [1.54, 1.807) is 0 Å². The van der Waals surface area contributed by atoms with Crippen molar-refractivity contribution in [2.24, 2.45) is 0 Å². The number of alkyl halides is 3. The molecule has 0 saturated carbocycles. The van der Waals surface area contributed by atoms with Gasteiger partial charge in [0, 0.05) is 17.5 Å². The van der Waals surface area contributed by atoms with E-state index >= 15 is 0 Å². The van der Waals surface area contributed by atoms with Gasteiger partial charge in [-0.15, -0.1) is 10.2 Å². The number of hydrogen-bond donors (Lipinski definition) is 1. The Hall–Kier alpha value is -2.82. The fourth-order valence-corrected chi connectivity index (χ4v) is 2.85. The van der Waals surface area contributed by atoms with E-state index in [1.807, 2.05) is 6.92 Å². The molecule has 3 rings (SSSR count). The molecule has 0 aliphatic rings. The monoisotopic (exact) mass is 383 g/mol. The number of carbonyl (C=O) groups excluding carboxylic acids is 1. The maximum Gasteiger partial charge on any atom is 0.471 e. The standard InChI is InChI=1S/C15H12F3N5O2S/c1-2-3-10-21-22-14(26-10)20-12(24)9-6-4-8(5-7-9)11-19-13(25-23-11)15(16,17)18/h4-7H,2-3H2,1H3,(H,20,22,24). The van der Waals surface area contributed by atoms with Crippen molar-refractivity contribution >= 4 is 22.4 Å². The van der Waals surface area contributed by atoms with Gasteiger partial charge in [-0.2, -0.15) is 18.2 Å². The van der Waals surface area contributed by atoms with Gasteiger partial charge < -0.3 is 4.52 Å². The van der Waals surface area contributed by atoms with E-state index in [2.05, 4.69) is 30.2 Å². The summed E-state index contributed by atoms with van der Waals surface area (Å²) in [7, 11) is 0. The van der Waals surface area contributed by atoms with Crippen LogP contribution in [0.2, 0.25) is 0 Å². The predicted molar refractivity (Wildman–Crippen MR) is 86.6 cm³/mol. The highest BCUT2D eigenvalue weighted by Crippen LogP contribution is 2.29. The van der Waals surface area contributed by atoms with Gasteiger partial charge in [0.2, 0.25) is 11.0 Å². The number of carbonyl (C=O) groups is 1. The summed E-state index contributed by atoms with van der Waals surface area (Å²) in [5.41, 5.74) is 0.600. The molecule has 3 aromatic rings. The molecule has 0 aliphatic heterocycles. The first kappa shape index (κ1) is 18.0. The lowest BCUT2D eigenvalue weighted by Gasteiger charge is -2.02. The van der Waals surface area contributed by atoms with Crippen LogP contribution in [-0.2, 0) is 12.6 Å². The molecule has 0 radical (unpaired) electrons. The second-order valence-electron chi connectivity index (χ2n) is 5.20. The maximum absolute atomic E-state index is 12.5. The van der Waals surface area contributed by atoms with Crippen LogP contribution >= 0.6 is 11.3 Å². The first-order valence-corrected chi connectivity index (χ1v) is 8.33. The Labute approximate surface area is 149 Å². The SMILES string of the molecule is CCCc1nnc(NC(=O)c2ccc(-c3noc(C(F)(F)F)n3)cc2)s1. The Balaban J connectivity index is 1.70. The van der Waals surface area contributed by atoms with Crippen molar-refractivity contribution in [3.05, 3.63) is 40.7 Å². The first-order chi connectivity index (χ1) is 12.4. The molecule has 11 heteroatoms. The molecule has 136 valence electrons. The van der Waals surface area contributed by atoms with Gasteiger partial charge in [-0.1, -0.05) is 35.5 Å². The van der Waals surface area contributed by atoms with Crippen LogP contribution in [0.3, 0.4) is 0 Å². The van der Waals surface area contributed by atoms with Crippen LogP contribution in [0.4, 0.5) is 18.3 Å². The molecular formula is C15H12F3N5O2S. The number of hydrogen-bond acceptors (Lipinski definition) is 7. The maximum atomic E-state index is 12.5. The molecule has 0 saturated heterocycles. The zero-order valence-corrected chi connectivity index (χ0v) is 14.2. The van der Waals surface area contributed by atoms with Gasteiger partial charge in [0.1, 0.15) is 5.01 Å². The zero-order valence-electron chi connectivity index (χ0n) is 13.4. The zero-order chi connectivity index (χ0) is 18.7. The number of halogens is 3. The van der Waals surface area contributed by atoms with Crippen LogP contribution in [0.1, 0.15) is 34.6 Å². The third-order valence-corrected chi connectivity index (χ3v) is 4.12. The number of nitrogens with one attached hydrogen (secondary N) is 1. The highest BCUT2D eigenvalue weighted by molar-refractivity contribution is 7.15. The Kier molecular flexibility index (Phi) is 4.98. The summed E-state index contributed by atoms with van der Waals surface area (Å²) in [6.45, 7) is 2.02. The molecule has 26 heavy (non-hydrogen) atoms. The summed E-state index contributed by atoms with van der Waals surface area (Å²) in [4.78, 5) is 15.5. The van der Waals surface area contributed by atoms with Crippen molar-refractivity contribution in [1.82, 2.24) is 20.3 Å². The van der Waals surface area contributed by atoms with Gasteiger partial charge in [0.05, 0.1) is 0 Å². The van der Waals surface area contributed by atoms with E-state index in [0.717, 1.165) is 17.8 Å². The van der Waals surface area contributed by atoms with Gasteiger partial charge in [-0.3, -0.25) is 10.1 Å². The summed E-state index contributed by atoms with van der Waals surface area (Å²) in [5.74, 6) is -2.04. The lowest BCUT2D eigenvalue weighted by Crippen LogP contribution is -2.11. The minimum absolute atomic E-state index is 0.211. The molecule has 2 heterocycles. The van der Waals surface area contributed by atoms with E-state index in [4.69, 9.17) is 0 Å². The molecule has 1 aromatic carbocycles. The molecule has 0 atom stereocenters.